The Bertz CT molecular complexity index is 613. The first kappa shape index (κ1) is 16.4. The predicted octanol–water partition coefficient (Wildman–Crippen LogP) is 3.77. The van der Waals surface area contributed by atoms with Crippen LogP contribution in [0.25, 0.3) is 0 Å². The first-order valence-electron chi connectivity index (χ1n) is 8.67. The lowest BCUT2D eigenvalue weighted by molar-refractivity contribution is 0.0375. The Kier molecular flexibility index (Phi) is 4.18. The highest BCUT2D eigenvalue weighted by molar-refractivity contribution is 6.68. The molecular formula is C19H26BNO2. The van der Waals surface area contributed by atoms with Crippen LogP contribution in [0.5, 0.6) is 5.75 Å². The topological polar surface area (TPSA) is 42.2 Å². The van der Waals surface area contributed by atoms with E-state index in [9.17, 15) is 5.26 Å². The Hall–Kier alpha value is -1.47. The van der Waals surface area contributed by atoms with Crippen LogP contribution >= 0.6 is 0 Å². The first-order valence-corrected chi connectivity index (χ1v) is 8.67. The molecule has 0 spiro atoms. The number of nitrogens with zero attached hydrogens (tertiary/aromatic N) is 1. The summed E-state index contributed by atoms with van der Waals surface area (Å²) in [5.74, 6) is 1.38. The number of ether oxygens (including phenoxy) is 1. The molecule has 0 radical (unpaired) electrons. The molecule has 0 N–H and O–H groups in total. The monoisotopic (exact) mass is 311 g/mol. The van der Waals surface area contributed by atoms with E-state index in [1.54, 1.807) is 0 Å². The van der Waals surface area contributed by atoms with E-state index >= 15 is 0 Å². The van der Waals surface area contributed by atoms with E-state index in [1.807, 2.05) is 12.1 Å². The van der Waals surface area contributed by atoms with E-state index in [2.05, 4.69) is 39.8 Å². The maximum Gasteiger partial charge on any atom is 0.328 e. The molecule has 122 valence electrons. The van der Waals surface area contributed by atoms with E-state index in [0.29, 0.717) is 17.2 Å². The van der Waals surface area contributed by atoms with Crippen LogP contribution in [0.15, 0.2) is 18.2 Å². The highest BCUT2D eigenvalue weighted by atomic mass is 16.5. The maximum absolute atomic E-state index is 9.46. The molecule has 1 saturated heterocycles. The van der Waals surface area contributed by atoms with Crippen LogP contribution in [0.2, 0.25) is 6.32 Å². The van der Waals surface area contributed by atoms with Gasteiger partial charge in [-0.25, -0.2) is 0 Å². The smallest absolute Gasteiger partial charge is 0.328 e. The largest absolute Gasteiger partial charge is 0.492 e. The van der Waals surface area contributed by atoms with Gasteiger partial charge in [0.05, 0.1) is 17.8 Å². The SMILES string of the molecule is CC1(C)CB(c2ccc(OCC3CCC3)c(C#N)c2)OC1(C)C. The zero-order valence-corrected chi connectivity index (χ0v) is 14.7. The van der Waals surface area contributed by atoms with E-state index in [0.717, 1.165) is 18.4 Å². The Morgan fingerprint density at radius 3 is 2.57 bits per heavy atom. The molecule has 0 unspecified atom stereocenters. The van der Waals surface area contributed by atoms with E-state index < -0.39 is 0 Å². The molecule has 1 aliphatic heterocycles. The van der Waals surface area contributed by atoms with Crippen LogP contribution in [0.4, 0.5) is 0 Å². The standard InChI is InChI=1S/C19H26BNO2/c1-18(2)13-20(23-19(18,3)4)16-8-9-17(15(10-16)11-21)22-12-14-6-5-7-14/h8-10,14H,5-7,12-13H2,1-4H3. The molecule has 1 heterocycles. The summed E-state index contributed by atoms with van der Waals surface area (Å²) < 4.78 is 12.1. The summed E-state index contributed by atoms with van der Waals surface area (Å²) in [7, 11) is 0. The minimum absolute atomic E-state index is 0.0489. The molecule has 4 heteroatoms. The normalized spacial score (nSPS) is 22.5. The third-order valence-corrected chi connectivity index (χ3v) is 5.96. The molecule has 0 bridgehead atoms. The Morgan fingerprint density at radius 1 is 1.30 bits per heavy atom. The van der Waals surface area contributed by atoms with E-state index in [4.69, 9.17) is 9.39 Å². The summed E-state index contributed by atoms with van der Waals surface area (Å²) >= 11 is 0. The predicted molar refractivity (Wildman–Crippen MR) is 93.1 cm³/mol. The molecule has 3 rings (SSSR count). The third-order valence-electron chi connectivity index (χ3n) is 5.96. The van der Waals surface area contributed by atoms with Crippen LogP contribution in [0, 0.1) is 22.7 Å². The van der Waals surface area contributed by atoms with Gasteiger partial charge in [-0.1, -0.05) is 26.3 Å². The van der Waals surface area contributed by atoms with Gasteiger partial charge in [0, 0.05) is 0 Å². The van der Waals surface area contributed by atoms with Crippen LogP contribution in [-0.2, 0) is 4.65 Å². The minimum Gasteiger partial charge on any atom is -0.492 e. The fraction of sp³-hybridized carbons (Fsp3) is 0.632. The molecule has 2 fully saturated rings. The minimum atomic E-state index is -0.163. The van der Waals surface area contributed by atoms with Crippen molar-refractivity contribution in [2.24, 2.45) is 11.3 Å². The van der Waals surface area contributed by atoms with Crippen molar-refractivity contribution in [2.45, 2.75) is 58.9 Å². The Morgan fingerprint density at radius 2 is 2.04 bits per heavy atom. The van der Waals surface area contributed by atoms with Gasteiger partial charge in [0.2, 0.25) is 0 Å². The van der Waals surface area contributed by atoms with Crippen LogP contribution in [0.1, 0.15) is 52.5 Å². The van der Waals surface area contributed by atoms with Gasteiger partial charge in [-0.3, -0.25) is 0 Å². The zero-order chi connectivity index (χ0) is 16.7. The molecule has 0 aromatic heterocycles. The van der Waals surface area contributed by atoms with Crippen LogP contribution in [-0.4, -0.2) is 19.1 Å². The van der Waals surface area contributed by atoms with Crippen molar-refractivity contribution in [1.82, 2.24) is 0 Å². The van der Waals surface area contributed by atoms with Gasteiger partial charge >= 0.3 is 6.92 Å². The summed E-state index contributed by atoms with van der Waals surface area (Å²) in [6, 6.07) is 8.22. The second-order valence-electron chi connectivity index (χ2n) is 8.18. The fourth-order valence-electron chi connectivity index (χ4n) is 3.28. The van der Waals surface area contributed by atoms with Gasteiger partial charge in [-0.15, -0.1) is 0 Å². The molecule has 1 aromatic carbocycles. The first-order chi connectivity index (χ1) is 10.8. The fourth-order valence-corrected chi connectivity index (χ4v) is 3.28. The van der Waals surface area contributed by atoms with Gasteiger partial charge < -0.3 is 9.39 Å². The summed E-state index contributed by atoms with van der Waals surface area (Å²) in [5, 5.41) is 9.46. The molecule has 0 atom stereocenters. The quantitative estimate of drug-likeness (QED) is 0.795. The van der Waals surface area contributed by atoms with Crippen molar-refractivity contribution < 1.29 is 9.39 Å². The summed E-state index contributed by atoms with van der Waals surface area (Å²) in [4.78, 5) is 0. The molecule has 1 aliphatic carbocycles. The van der Waals surface area contributed by atoms with Crippen LogP contribution in [0.3, 0.4) is 0 Å². The van der Waals surface area contributed by atoms with Crippen molar-refractivity contribution in [3.05, 3.63) is 23.8 Å². The van der Waals surface area contributed by atoms with Gasteiger partial charge in [0.15, 0.2) is 0 Å². The van der Waals surface area contributed by atoms with Gasteiger partial charge in [0.1, 0.15) is 11.8 Å². The van der Waals surface area contributed by atoms with Crippen molar-refractivity contribution >= 4 is 12.4 Å². The highest BCUT2D eigenvalue weighted by Gasteiger charge is 2.49. The Labute approximate surface area is 140 Å². The number of hydrogen-bond acceptors (Lipinski definition) is 3. The number of benzene rings is 1. The average molecular weight is 311 g/mol. The lowest BCUT2D eigenvalue weighted by Crippen LogP contribution is -2.36. The number of nitriles is 1. The lowest BCUT2D eigenvalue weighted by Gasteiger charge is -2.34. The molecular weight excluding hydrogens is 285 g/mol. The zero-order valence-electron chi connectivity index (χ0n) is 14.7. The van der Waals surface area contributed by atoms with E-state index in [-0.39, 0.29) is 17.9 Å². The second-order valence-corrected chi connectivity index (χ2v) is 8.18. The van der Waals surface area contributed by atoms with Crippen molar-refractivity contribution in [3.63, 3.8) is 0 Å². The Balaban J connectivity index is 1.75. The molecule has 1 saturated carbocycles. The van der Waals surface area contributed by atoms with Gasteiger partial charge in [0.25, 0.3) is 0 Å². The van der Waals surface area contributed by atoms with Crippen molar-refractivity contribution in [2.75, 3.05) is 6.61 Å². The number of rotatable bonds is 4. The third kappa shape index (κ3) is 3.12. The van der Waals surface area contributed by atoms with Crippen molar-refractivity contribution in [1.29, 1.82) is 5.26 Å². The van der Waals surface area contributed by atoms with Crippen molar-refractivity contribution in [3.8, 4) is 11.8 Å². The molecule has 2 aliphatic rings. The van der Waals surface area contributed by atoms with Crippen LogP contribution < -0.4 is 10.2 Å². The molecule has 23 heavy (non-hydrogen) atoms. The number of hydrogen-bond donors (Lipinski definition) is 0. The van der Waals surface area contributed by atoms with E-state index in [1.165, 1.54) is 19.3 Å². The summed E-state index contributed by atoms with van der Waals surface area (Å²) in [6.45, 7) is 9.56. The average Bonchev–Trinajstić information content (AvgIpc) is 2.66. The lowest BCUT2D eigenvalue weighted by atomic mass is 9.54. The summed E-state index contributed by atoms with van der Waals surface area (Å²) in [6.07, 6.45) is 4.77. The van der Waals surface area contributed by atoms with Gasteiger partial charge in [-0.05, 0) is 61.9 Å². The van der Waals surface area contributed by atoms with Gasteiger partial charge in [-0.2, -0.15) is 5.26 Å². The molecule has 3 nitrogen and oxygen atoms in total. The highest BCUT2D eigenvalue weighted by Crippen LogP contribution is 2.45. The maximum atomic E-state index is 9.46. The second kappa shape index (κ2) is 5.87. The molecule has 0 amide bonds. The molecule has 1 aromatic rings. The summed E-state index contributed by atoms with van der Waals surface area (Å²) in [5.41, 5.74) is 1.65.